The Morgan fingerprint density at radius 2 is 2.00 bits per heavy atom. The van der Waals surface area contributed by atoms with Gasteiger partial charge in [-0.2, -0.15) is 5.10 Å². The number of aromatic amines is 1. The Kier molecular flexibility index (Phi) is 4.97. The lowest BCUT2D eigenvalue weighted by atomic mass is 10.2. The first kappa shape index (κ1) is 18.7. The molecular weight excluding hydrogens is 379 g/mol. The van der Waals surface area contributed by atoms with E-state index < -0.39 is 18.1 Å². The molecule has 4 rings (SSSR count). The van der Waals surface area contributed by atoms with Gasteiger partial charge in [-0.1, -0.05) is 0 Å². The number of pyridine rings is 1. The molecule has 1 aromatic carbocycles. The van der Waals surface area contributed by atoms with E-state index in [0.717, 1.165) is 4.80 Å². The molecular formula is C18H17FN8O2. The molecule has 4 aromatic rings. The van der Waals surface area contributed by atoms with E-state index >= 15 is 0 Å². The molecule has 0 fully saturated rings. The Labute approximate surface area is 164 Å². The maximum atomic E-state index is 14.3. The number of H-pyrrole nitrogens is 1. The minimum Gasteiger partial charge on any atom is -0.436 e. The molecule has 4 N–H and O–H groups in total. The monoisotopic (exact) mass is 396 g/mol. The third-order valence-corrected chi connectivity index (χ3v) is 4.08. The summed E-state index contributed by atoms with van der Waals surface area (Å²) in [6, 6.07) is 9.11. The lowest BCUT2D eigenvalue weighted by molar-refractivity contribution is 0.0536. The molecule has 11 heteroatoms. The largest absolute Gasteiger partial charge is 0.436 e. The van der Waals surface area contributed by atoms with Crippen molar-refractivity contribution >= 4 is 0 Å². The van der Waals surface area contributed by atoms with Gasteiger partial charge in [-0.05, 0) is 48.5 Å². The van der Waals surface area contributed by atoms with Gasteiger partial charge in [0.2, 0.25) is 5.82 Å². The Bertz CT molecular complexity index is 1100. The molecule has 2 unspecified atom stereocenters. The van der Waals surface area contributed by atoms with Gasteiger partial charge in [0.15, 0.2) is 12.0 Å². The van der Waals surface area contributed by atoms with Gasteiger partial charge in [0.1, 0.15) is 5.75 Å². The van der Waals surface area contributed by atoms with Gasteiger partial charge < -0.3 is 15.6 Å². The summed E-state index contributed by atoms with van der Waals surface area (Å²) in [6.07, 6.45) is 1.99. The van der Waals surface area contributed by atoms with Crippen LogP contribution in [0.5, 0.6) is 11.6 Å². The van der Waals surface area contributed by atoms with Crippen LogP contribution < -0.4 is 10.5 Å². The van der Waals surface area contributed by atoms with E-state index in [1.807, 2.05) is 0 Å². The Hall–Kier alpha value is -3.70. The summed E-state index contributed by atoms with van der Waals surface area (Å²) in [5.41, 5.74) is 7.48. The van der Waals surface area contributed by atoms with Crippen LogP contribution in [0.4, 0.5) is 4.39 Å². The fraction of sp³-hybridized carbons (Fsp3) is 0.167. The highest BCUT2D eigenvalue weighted by Gasteiger charge is 2.16. The highest BCUT2D eigenvalue weighted by molar-refractivity contribution is 5.58. The average Bonchev–Trinajstić information content (AvgIpc) is 3.42. The van der Waals surface area contributed by atoms with Crippen LogP contribution in [0.1, 0.15) is 13.2 Å². The molecule has 10 nitrogen and oxygen atoms in total. The molecule has 0 bridgehead atoms. The predicted octanol–water partition coefficient (Wildman–Crippen LogP) is 1.89. The van der Waals surface area contributed by atoms with Gasteiger partial charge in [-0.3, -0.25) is 5.10 Å². The first-order chi connectivity index (χ1) is 14.0. The van der Waals surface area contributed by atoms with Crippen molar-refractivity contribution in [2.45, 2.75) is 19.2 Å². The lowest BCUT2D eigenvalue weighted by Crippen LogP contribution is -2.30. The van der Waals surface area contributed by atoms with Gasteiger partial charge >= 0.3 is 0 Å². The Morgan fingerprint density at radius 3 is 2.66 bits per heavy atom. The molecule has 0 amide bonds. The zero-order valence-corrected chi connectivity index (χ0v) is 15.3. The van der Waals surface area contributed by atoms with Crippen molar-refractivity contribution in [2.24, 2.45) is 5.73 Å². The van der Waals surface area contributed by atoms with Gasteiger partial charge in [-0.15, -0.1) is 15.0 Å². The number of aliphatic hydroxyl groups excluding tert-OH is 1. The highest BCUT2D eigenvalue weighted by Crippen LogP contribution is 2.27. The van der Waals surface area contributed by atoms with E-state index in [1.54, 1.807) is 43.5 Å². The summed E-state index contributed by atoms with van der Waals surface area (Å²) in [5, 5.41) is 28.2. The molecule has 148 valence electrons. The lowest BCUT2D eigenvalue weighted by Gasteiger charge is -2.11. The fourth-order valence-corrected chi connectivity index (χ4v) is 2.51. The van der Waals surface area contributed by atoms with Crippen molar-refractivity contribution in [1.29, 1.82) is 0 Å². The fourth-order valence-electron chi connectivity index (χ4n) is 2.51. The zero-order chi connectivity index (χ0) is 20.4. The van der Waals surface area contributed by atoms with E-state index in [9.17, 15) is 9.50 Å². The number of aromatic nitrogens is 7. The van der Waals surface area contributed by atoms with Gasteiger partial charge in [0.05, 0.1) is 11.7 Å². The minimum atomic E-state index is -1.07. The molecule has 0 spiro atoms. The molecule has 0 radical (unpaired) electrons. The summed E-state index contributed by atoms with van der Waals surface area (Å²) >= 11 is 0. The minimum absolute atomic E-state index is 0.148. The number of aliphatic hydroxyl groups is 1. The average molecular weight is 396 g/mol. The summed E-state index contributed by atoms with van der Waals surface area (Å²) < 4.78 is 19.8. The topological polar surface area (TPSA) is 141 Å². The van der Waals surface area contributed by atoms with Crippen molar-refractivity contribution in [3.05, 3.63) is 54.6 Å². The van der Waals surface area contributed by atoms with Crippen molar-refractivity contribution < 1.29 is 14.2 Å². The summed E-state index contributed by atoms with van der Waals surface area (Å²) in [5.74, 6) is -0.0530. The number of halogens is 1. The second kappa shape index (κ2) is 7.73. The first-order valence-corrected chi connectivity index (χ1v) is 8.68. The molecule has 0 aliphatic rings. The quantitative estimate of drug-likeness (QED) is 0.449. The normalized spacial score (nSPS) is 13.2. The molecule has 0 aliphatic heterocycles. The van der Waals surface area contributed by atoms with Crippen LogP contribution in [0, 0.1) is 5.82 Å². The van der Waals surface area contributed by atoms with Crippen LogP contribution in [0.25, 0.3) is 22.6 Å². The number of nitrogens with one attached hydrogen (secondary N) is 1. The number of hydrogen-bond acceptors (Lipinski definition) is 8. The van der Waals surface area contributed by atoms with Crippen LogP contribution in [0.15, 0.2) is 48.8 Å². The summed E-state index contributed by atoms with van der Waals surface area (Å²) in [6.45, 7) is 1.63. The Morgan fingerprint density at radius 1 is 1.21 bits per heavy atom. The van der Waals surface area contributed by atoms with Crippen LogP contribution in [0.3, 0.4) is 0 Å². The molecule has 2 atom stereocenters. The van der Waals surface area contributed by atoms with Gasteiger partial charge in [-0.25, -0.2) is 9.37 Å². The van der Waals surface area contributed by atoms with Gasteiger partial charge in [0, 0.05) is 23.5 Å². The van der Waals surface area contributed by atoms with E-state index in [1.165, 1.54) is 12.3 Å². The SMILES string of the molecule is CC(N)C(O)n1nnc(-c2ccc(Oc3ncc(-c4ccn[nH]4)cc3F)cc2)n1. The van der Waals surface area contributed by atoms with Crippen LogP contribution in [-0.4, -0.2) is 46.5 Å². The maximum Gasteiger partial charge on any atom is 0.255 e. The standard InChI is InChI=1S/C18H17FN8O2/c1-10(20)18(28)27-25-16(24-26-27)11-2-4-13(5-3-11)29-17-14(19)8-12(9-21-17)15-6-7-22-23-15/h2-10,18,28H,20H2,1H3,(H,22,23). The second-order valence-electron chi connectivity index (χ2n) is 6.31. The molecule has 3 heterocycles. The maximum absolute atomic E-state index is 14.3. The molecule has 0 saturated heterocycles. The third-order valence-electron chi connectivity index (χ3n) is 4.08. The number of nitrogens with zero attached hydrogens (tertiary/aromatic N) is 6. The van der Waals surface area contributed by atoms with Crippen LogP contribution in [0.2, 0.25) is 0 Å². The number of rotatable bonds is 6. The number of tetrazole rings is 1. The summed E-state index contributed by atoms with van der Waals surface area (Å²) in [7, 11) is 0. The second-order valence-corrected chi connectivity index (χ2v) is 6.31. The molecule has 0 aliphatic carbocycles. The van der Waals surface area contributed by atoms with E-state index in [-0.39, 0.29) is 5.88 Å². The number of nitrogens with two attached hydrogens (primary N) is 1. The van der Waals surface area contributed by atoms with E-state index in [4.69, 9.17) is 10.5 Å². The zero-order valence-electron chi connectivity index (χ0n) is 15.3. The van der Waals surface area contributed by atoms with Crippen LogP contribution in [-0.2, 0) is 0 Å². The van der Waals surface area contributed by atoms with E-state index in [0.29, 0.717) is 28.4 Å². The Balaban J connectivity index is 1.49. The predicted molar refractivity (Wildman–Crippen MR) is 100 cm³/mol. The van der Waals surface area contributed by atoms with Gasteiger partial charge in [0.25, 0.3) is 5.88 Å². The smallest absolute Gasteiger partial charge is 0.255 e. The number of benzene rings is 1. The summed E-state index contributed by atoms with van der Waals surface area (Å²) in [4.78, 5) is 5.07. The van der Waals surface area contributed by atoms with Crippen LogP contribution >= 0.6 is 0 Å². The number of hydrogen-bond donors (Lipinski definition) is 3. The molecule has 0 saturated carbocycles. The van der Waals surface area contributed by atoms with Crippen molar-refractivity contribution in [3.63, 3.8) is 0 Å². The van der Waals surface area contributed by atoms with Crippen molar-refractivity contribution in [1.82, 2.24) is 35.4 Å². The van der Waals surface area contributed by atoms with E-state index in [2.05, 4.69) is 30.6 Å². The third kappa shape index (κ3) is 3.95. The first-order valence-electron chi connectivity index (χ1n) is 8.68. The molecule has 3 aromatic heterocycles. The van der Waals surface area contributed by atoms with Crippen molar-refractivity contribution in [3.8, 4) is 34.3 Å². The number of ether oxygens (including phenoxy) is 1. The van der Waals surface area contributed by atoms with Crippen molar-refractivity contribution in [2.75, 3.05) is 0 Å². The molecule has 29 heavy (non-hydrogen) atoms. The highest BCUT2D eigenvalue weighted by atomic mass is 19.1.